The van der Waals surface area contributed by atoms with Crippen molar-refractivity contribution in [1.82, 2.24) is 24.4 Å². The second-order valence-corrected chi connectivity index (χ2v) is 7.61. The third-order valence-corrected chi connectivity index (χ3v) is 5.00. The van der Waals surface area contributed by atoms with Crippen LogP contribution in [-0.4, -0.2) is 74.5 Å². The number of imidazole rings is 1. The van der Waals surface area contributed by atoms with Crippen LogP contribution in [0.5, 0.6) is 0 Å². The first-order valence-electron chi connectivity index (χ1n) is 9.56. The molecule has 0 spiro atoms. The van der Waals surface area contributed by atoms with Crippen molar-refractivity contribution >= 4 is 52.3 Å². The largest absolute Gasteiger partial charge is 0.543 e. The number of hydrogen-bond acceptors (Lipinski definition) is 14. The Labute approximate surface area is 196 Å². The first kappa shape index (κ1) is 26.1. The molecule has 15 heteroatoms. The maximum absolute atomic E-state index is 8.93. The van der Waals surface area contributed by atoms with Crippen LogP contribution in [0.1, 0.15) is 12.1 Å². The maximum atomic E-state index is 8.93. The first-order chi connectivity index (χ1) is 16.1. The number of aliphatic carboxylic acids is 4. The van der Waals surface area contributed by atoms with Gasteiger partial charge in [-0.2, -0.15) is 0 Å². The van der Waals surface area contributed by atoms with Gasteiger partial charge < -0.3 is 49.8 Å². The number of carboxylic acids is 4. The summed E-state index contributed by atoms with van der Waals surface area (Å²) in [6, 6.07) is 4.37. The first-order valence-corrected chi connectivity index (χ1v) is 10.5. The number of fused-ring (bicyclic) bond motifs is 1. The van der Waals surface area contributed by atoms with E-state index in [1.54, 1.807) is 11.3 Å². The predicted molar refractivity (Wildman–Crippen MR) is 108 cm³/mol. The molecule has 4 rings (SSSR count). The molecule has 1 aliphatic rings. The maximum Gasteiger partial charge on any atom is 0.205 e. The molecule has 4 heterocycles. The number of likely N-dealkylation sites (N-methyl/N-ethyl adjacent to an activating group) is 1. The molecule has 1 unspecified atom stereocenters. The zero-order chi connectivity index (χ0) is 25.3. The average molecular weight is 490 g/mol. The molecular weight excluding hydrogens is 472 g/mol. The molecule has 3 aromatic rings. The van der Waals surface area contributed by atoms with Crippen LogP contribution in [0.25, 0.3) is 11.2 Å². The van der Waals surface area contributed by atoms with Gasteiger partial charge in [-0.15, -0.1) is 11.3 Å². The van der Waals surface area contributed by atoms with E-state index in [1.807, 2.05) is 23.8 Å². The van der Waals surface area contributed by atoms with Crippen LogP contribution >= 0.6 is 11.3 Å². The highest BCUT2D eigenvalue weighted by atomic mass is 32.1. The van der Waals surface area contributed by atoms with Crippen LogP contribution in [0.3, 0.4) is 0 Å². The predicted octanol–water partition coefficient (Wildman–Crippen LogP) is -4.98. The number of nitrogens with zero attached hydrogens (tertiary/aromatic N) is 5. The quantitative estimate of drug-likeness (QED) is 0.339. The van der Waals surface area contributed by atoms with Gasteiger partial charge in [-0.3, -0.25) is 4.57 Å². The molecule has 1 N–H and O–H groups in total. The number of carboxylic acid groups (broad SMARTS) is 4. The van der Waals surface area contributed by atoms with Gasteiger partial charge in [0, 0.05) is 24.2 Å². The summed E-state index contributed by atoms with van der Waals surface area (Å²) >= 11 is 1.61. The Kier molecular flexibility index (Phi) is 9.39. The molecule has 1 aliphatic heterocycles. The summed E-state index contributed by atoms with van der Waals surface area (Å²) in [6.07, 6.45) is 2.96. The summed E-state index contributed by atoms with van der Waals surface area (Å²) in [7, 11) is 2.15. The van der Waals surface area contributed by atoms with Crippen LogP contribution in [0, 0.1) is 0 Å². The standard InChI is InChI=1S/C15H18N6S.2C2H2O4/c1-20-6-4-11(7-20)18-15-19-13-3-2-5-16-14(13)21(15)8-12-9-22-10-17-12;2*3-1(4)2(5)6/h2-3,5,9-11H,4,6-8H2,1H3,(H,18,19);2*(H,3,4)(H,5,6)/p-4. The van der Waals surface area contributed by atoms with Gasteiger partial charge in [0.2, 0.25) is 5.95 Å². The van der Waals surface area contributed by atoms with Crippen LogP contribution in [0.2, 0.25) is 0 Å². The second-order valence-electron chi connectivity index (χ2n) is 6.89. The lowest BCUT2D eigenvalue weighted by Crippen LogP contribution is -2.42. The number of carbonyl (C=O) groups is 4. The summed E-state index contributed by atoms with van der Waals surface area (Å²) < 4.78 is 2.13. The Morgan fingerprint density at radius 3 is 2.24 bits per heavy atom. The molecule has 0 amide bonds. The van der Waals surface area contributed by atoms with E-state index in [-0.39, 0.29) is 0 Å². The number of likely N-dealkylation sites (tertiary alicyclic amines) is 1. The van der Waals surface area contributed by atoms with Crippen molar-refractivity contribution in [2.24, 2.45) is 0 Å². The van der Waals surface area contributed by atoms with Gasteiger partial charge in [-0.05, 0) is 32.1 Å². The smallest absolute Gasteiger partial charge is 0.205 e. The van der Waals surface area contributed by atoms with Gasteiger partial charge >= 0.3 is 0 Å². The summed E-state index contributed by atoms with van der Waals surface area (Å²) in [5, 5.41) is 41.4. The Morgan fingerprint density at radius 2 is 1.74 bits per heavy atom. The van der Waals surface area contributed by atoms with Crippen molar-refractivity contribution in [1.29, 1.82) is 0 Å². The van der Waals surface area contributed by atoms with Gasteiger partial charge in [0.25, 0.3) is 0 Å². The van der Waals surface area contributed by atoms with Crippen LogP contribution < -0.4 is 25.7 Å². The van der Waals surface area contributed by atoms with Gasteiger partial charge in [0.15, 0.2) is 5.65 Å². The molecule has 182 valence electrons. The summed E-state index contributed by atoms with van der Waals surface area (Å²) in [4.78, 5) is 51.7. The normalized spacial score (nSPS) is 14.9. The van der Waals surface area contributed by atoms with Crippen molar-refractivity contribution in [2.45, 2.75) is 19.0 Å². The van der Waals surface area contributed by atoms with E-state index in [4.69, 9.17) is 44.6 Å². The fourth-order valence-corrected chi connectivity index (χ4v) is 3.48. The SMILES string of the molecule is CN1CCC(Nc2nc3cccnc3n2Cc2cscn2)C1.O=C([O-])C(=O)[O-].O=C([O-])C(=O)[O-]. The molecule has 1 fully saturated rings. The van der Waals surface area contributed by atoms with E-state index in [0.717, 1.165) is 42.3 Å². The number of carbonyl (C=O) groups excluding carboxylic acids is 4. The molecule has 34 heavy (non-hydrogen) atoms. The number of thiazole rings is 1. The molecular formula is C19H18N6O8S-4. The Balaban J connectivity index is 0.000000285. The number of pyridine rings is 1. The minimum Gasteiger partial charge on any atom is -0.543 e. The average Bonchev–Trinajstić information content (AvgIpc) is 3.51. The number of anilines is 1. The summed E-state index contributed by atoms with van der Waals surface area (Å²) in [5.41, 5.74) is 4.73. The van der Waals surface area contributed by atoms with E-state index >= 15 is 0 Å². The van der Waals surface area contributed by atoms with Crippen LogP contribution in [0.4, 0.5) is 5.95 Å². The minimum absolute atomic E-state index is 0.441. The van der Waals surface area contributed by atoms with E-state index < -0.39 is 23.9 Å². The minimum atomic E-state index is -2.19. The lowest BCUT2D eigenvalue weighted by Gasteiger charge is -2.15. The molecule has 1 saturated heterocycles. The highest BCUT2D eigenvalue weighted by Crippen LogP contribution is 2.21. The van der Waals surface area contributed by atoms with Crippen LogP contribution in [-0.2, 0) is 25.7 Å². The summed E-state index contributed by atoms with van der Waals surface area (Å²) in [6.45, 7) is 2.87. The van der Waals surface area contributed by atoms with Crippen molar-refractivity contribution < 1.29 is 39.6 Å². The topological polar surface area (TPSA) is 219 Å². The summed E-state index contributed by atoms with van der Waals surface area (Å²) in [5.74, 6) is -7.85. The third-order valence-electron chi connectivity index (χ3n) is 4.37. The number of rotatable bonds is 4. The van der Waals surface area contributed by atoms with Gasteiger partial charge in [0.1, 0.15) is 5.52 Å². The van der Waals surface area contributed by atoms with Crippen molar-refractivity contribution in [3.63, 3.8) is 0 Å². The molecule has 3 aromatic heterocycles. The Morgan fingerprint density at radius 1 is 1.09 bits per heavy atom. The number of aromatic nitrogens is 4. The fourth-order valence-electron chi connectivity index (χ4n) is 2.93. The van der Waals surface area contributed by atoms with Gasteiger partial charge in [-0.25, -0.2) is 15.0 Å². The van der Waals surface area contributed by atoms with Gasteiger partial charge in [-0.1, -0.05) is 0 Å². The molecule has 0 saturated carbocycles. The Bertz CT molecular complexity index is 1100. The molecule has 0 bridgehead atoms. The molecule has 0 aliphatic carbocycles. The Hall–Kier alpha value is -4.11. The van der Waals surface area contributed by atoms with E-state index in [1.165, 1.54) is 0 Å². The van der Waals surface area contributed by atoms with Crippen molar-refractivity contribution in [2.75, 3.05) is 25.5 Å². The fraction of sp³-hybridized carbons (Fsp3) is 0.316. The zero-order valence-electron chi connectivity index (χ0n) is 17.7. The highest BCUT2D eigenvalue weighted by molar-refractivity contribution is 7.07. The molecule has 14 nitrogen and oxygen atoms in total. The zero-order valence-corrected chi connectivity index (χ0v) is 18.5. The van der Waals surface area contributed by atoms with E-state index in [0.29, 0.717) is 12.6 Å². The monoisotopic (exact) mass is 490 g/mol. The number of hydrogen-bond donors (Lipinski definition) is 1. The highest BCUT2D eigenvalue weighted by Gasteiger charge is 2.22. The lowest BCUT2D eigenvalue weighted by molar-refractivity contribution is -0.345. The molecule has 0 radical (unpaired) electrons. The molecule has 0 aromatic carbocycles. The third kappa shape index (κ3) is 7.79. The van der Waals surface area contributed by atoms with Crippen molar-refractivity contribution in [3.8, 4) is 0 Å². The number of nitrogens with one attached hydrogen (secondary N) is 1. The molecule has 1 atom stereocenters. The van der Waals surface area contributed by atoms with Crippen LogP contribution in [0.15, 0.2) is 29.2 Å². The van der Waals surface area contributed by atoms with Crippen molar-refractivity contribution in [3.05, 3.63) is 34.9 Å². The lowest BCUT2D eigenvalue weighted by atomic mass is 10.3. The second kappa shape index (κ2) is 12.2. The van der Waals surface area contributed by atoms with E-state index in [9.17, 15) is 0 Å². The van der Waals surface area contributed by atoms with Gasteiger partial charge in [0.05, 0.1) is 41.6 Å². The van der Waals surface area contributed by atoms with E-state index in [2.05, 4.69) is 37.2 Å².